The minimum atomic E-state index is 0.152. The summed E-state index contributed by atoms with van der Waals surface area (Å²) in [5.74, 6) is 0.694. The molecule has 29 heavy (non-hydrogen) atoms. The molecule has 3 aromatic rings. The molecule has 1 N–H and O–H groups in total. The van der Waals surface area contributed by atoms with Crippen LogP contribution in [0.5, 0.6) is 11.6 Å². The summed E-state index contributed by atoms with van der Waals surface area (Å²) in [6.07, 6.45) is 9.91. The van der Waals surface area contributed by atoms with Crippen molar-refractivity contribution in [2.24, 2.45) is 0 Å². The summed E-state index contributed by atoms with van der Waals surface area (Å²) in [7, 11) is 2.23. The Morgan fingerprint density at radius 2 is 2.10 bits per heavy atom. The number of hydrogen-bond acceptors (Lipinski definition) is 6. The van der Waals surface area contributed by atoms with Crippen molar-refractivity contribution in [1.82, 2.24) is 24.6 Å². The smallest absolute Gasteiger partial charge is 0.233 e. The van der Waals surface area contributed by atoms with Crippen LogP contribution >= 0.6 is 0 Å². The van der Waals surface area contributed by atoms with E-state index in [0.29, 0.717) is 23.2 Å². The third-order valence-electron chi connectivity index (χ3n) is 6.61. The largest absolute Gasteiger partial charge is 0.507 e. The molecule has 2 bridgehead atoms. The molecule has 7 heteroatoms. The molecule has 0 spiro atoms. The second-order valence-corrected chi connectivity index (χ2v) is 8.41. The molecule has 0 saturated carbocycles. The van der Waals surface area contributed by atoms with Crippen molar-refractivity contribution in [3.8, 4) is 28.6 Å². The van der Waals surface area contributed by atoms with E-state index in [1.807, 2.05) is 35.0 Å². The highest BCUT2D eigenvalue weighted by atomic mass is 16.5. The quantitative estimate of drug-likeness (QED) is 0.734. The number of imidazole rings is 1. The maximum atomic E-state index is 10.5. The Bertz CT molecular complexity index is 1000. The Hall–Kier alpha value is -2.93. The highest BCUT2D eigenvalue weighted by Gasteiger charge is 2.47. The summed E-state index contributed by atoms with van der Waals surface area (Å²) >= 11 is 0. The first kappa shape index (κ1) is 18.1. The van der Waals surface area contributed by atoms with Gasteiger partial charge in [-0.15, -0.1) is 10.2 Å². The van der Waals surface area contributed by atoms with Crippen molar-refractivity contribution in [2.45, 2.75) is 50.3 Å². The van der Waals surface area contributed by atoms with E-state index in [0.717, 1.165) is 18.5 Å². The van der Waals surface area contributed by atoms with Gasteiger partial charge in [0.05, 0.1) is 17.7 Å². The van der Waals surface area contributed by atoms with Gasteiger partial charge in [-0.2, -0.15) is 0 Å². The Morgan fingerprint density at radius 3 is 2.79 bits per heavy atom. The molecule has 7 nitrogen and oxygen atoms in total. The molecule has 2 fully saturated rings. The second-order valence-electron chi connectivity index (χ2n) is 8.41. The number of hydrogen-bond donors (Lipinski definition) is 1. The van der Waals surface area contributed by atoms with Gasteiger partial charge in [0.2, 0.25) is 5.88 Å². The molecule has 5 rings (SSSR count). The molecule has 2 aromatic heterocycles. The van der Waals surface area contributed by atoms with E-state index in [9.17, 15) is 5.11 Å². The summed E-state index contributed by atoms with van der Waals surface area (Å²) < 4.78 is 8.00. The summed E-state index contributed by atoms with van der Waals surface area (Å²) in [5.41, 5.74) is 2.31. The SMILES string of the molecule is CN1[C@@H]2CC[C@@]1(C)C[C@H](Oc1ccc(-c3ccc(-n4ccnc4)cc3O)nn1)C2. The van der Waals surface area contributed by atoms with Gasteiger partial charge in [0.1, 0.15) is 11.9 Å². The average molecular weight is 391 g/mol. The average Bonchev–Trinajstić information content (AvgIpc) is 3.29. The van der Waals surface area contributed by atoms with Crippen LogP contribution in [0.2, 0.25) is 0 Å². The minimum absolute atomic E-state index is 0.152. The molecule has 4 heterocycles. The number of benzene rings is 1. The predicted molar refractivity (Wildman–Crippen MR) is 109 cm³/mol. The fourth-order valence-electron chi connectivity index (χ4n) is 4.78. The van der Waals surface area contributed by atoms with Crippen LogP contribution in [-0.2, 0) is 0 Å². The number of aromatic hydroxyl groups is 1. The minimum Gasteiger partial charge on any atom is -0.507 e. The molecule has 0 amide bonds. The molecule has 0 unspecified atom stereocenters. The van der Waals surface area contributed by atoms with Gasteiger partial charge in [0, 0.05) is 48.1 Å². The van der Waals surface area contributed by atoms with Crippen molar-refractivity contribution in [1.29, 1.82) is 0 Å². The number of phenols is 1. The summed E-state index contributed by atoms with van der Waals surface area (Å²) in [5, 5.41) is 19.0. The fraction of sp³-hybridized carbons (Fsp3) is 0.409. The summed E-state index contributed by atoms with van der Waals surface area (Å²) in [6, 6.07) is 9.73. The monoisotopic (exact) mass is 391 g/mol. The number of ether oxygens (including phenoxy) is 1. The van der Waals surface area contributed by atoms with E-state index in [4.69, 9.17) is 4.74 Å². The van der Waals surface area contributed by atoms with Crippen LogP contribution in [0.15, 0.2) is 49.1 Å². The molecular formula is C22H25N5O2. The lowest BCUT2D eigenvalue weighted by molar-refractivity contribution is 0.0157. The molecule has 0 radical (unpaired) electrons. The lowest BCUT2D eigenvalue weighted by atomic mass is 9.89. The Morgan fingerprint density at radius 1 is 1.21 bits per heavy atom. The van der Waals surface area contributed by atoms with E-state index < -0.39 is 0 Å². The number of nitrogens with zero attached hydrogens (tertiary/aromatic N) is 5. The molecule has 2 saturated heterocycles. The third-order valence-corrected chi connectivity index (χ3v) is 6.61. The van der Waals surface area contributed by atoms with Crippen LogP contribution in [0.3, 0.4) is 0 Å². The molecule has 150 valence electrons. The van der Waals surface area contributed by atoms with E-state index in [1.54, 1.807) is 18.6 Å². The normalized spacial score (nSPS) is 26.6. The molecule has 1 aromatic carbocycles. The number of rotatable bonds is 4. The first-order valence-corrected chi connectivity index (χ1v) is 10.1. The van der Waals surface area contributed by atoms with Crippen LogP contribution in [-0.4, -0.2) is 54.5 Å². The number of aromatic nitrogens is 4. The second kappa shape index (κ2) is 6.84. The van der Waals surface area contributed by atoms with Gasteiger partial charge in [-0.25, -0.2) is 4.98 Å². The number of piperidine rings is 1. The summed E-state index contributed by atoms with van der Waals surface area (Å²) in [6.45, 7) is 2.33. The van der Waals surface area contributed by atoms with Gasteiger partial charge in [0.25, 0.3) is 0 Å². The third kappa shape index (κ3) is 3.25. The Balaban J connectivity index is 1.31. The van der Waals surface area contributed by atoms with Crippen LogP contribution in [0.1, 0.15) is 32.6 Å². The maximum Gasteiger partial charge on any atom is 0.233 e. The van der Waals surface area contributed by atoms with E-state index in [2.05, 4.69) is 34.1 Å². The van der Waals surface area contributed by atoms with Crippen molar-refractivity contribution in [3.63, 3.8) is 0 Å². The fourth-order valence-corrected chi connectivity index (χ4v) is 4.78. The topological polar surface area (TPSA) is 76.3 Å². The molecule has 2 aliphatic heterocycles. The zero-order valence-electron chi connectivity index (χ0n) is 16.7. The zero-order chi connectivity index (χ0) is 20.0. The van der Waals surface area contributed by atoms with Crippen LogP contribution in [0.4, 0.5) is 0 Å². The number of fused-ring (bicyclic) bond motifs is 2. The van der Waals surface area contributed by atoms with E-state index in [-0.39, 0.29) is 17.4 Å². The maximum absolute atomic E-state index is 10.5. The zero-order valence-corrected chi connectivity index (χ0v) is 16.7. The van der Waals surface area contributed by atoms with Gasteiger partial charge in [-0.05, 0) is 51.4 Å². The standard InChI is InChI=1S/C22H25N5O2/c1-22-8-7-15(26(22)2)11-17(13-22)29-21-6-5-19(24-25-21)18-4-3-16(12-20(18)28)27-10-9-23-14-27/h3-6,9-10,12,14-15,17,28H,7-8,11,13H2,1-2H3/t15-,17-,22+/m1/s1. The predicted octanol–water partition coefficient (Wildman–Crippen LogP) is 3.43. The van der Waals surface area contributed by atoms with Gasteiger partial charge in [-0.1, -0.05) is 0 Å². The first-order valence-electron chi connectivity index (χ1n) is 10.1. The molecule has 0 aliphatic carbocycles. The van der Waals surface area contributed by atoms with Gasteiger partial charge < -0.3 is 14.4 Å². The van der Waals surface area contributed by atoms with Crippen LogP contribution in [0, 0.1) is 0 Å². The highest BCUT2D eigenvalue weighted by molar-refractivity contribution is 5.68. The van der Waals surface area contributed by atoms with E-state index >= 15 is 0 Å². The highest BCUT2D eigenvalue weighted by Crippen LogP contribution is 2.43. The van der Waals surface area contributed by atoms with Crippen molar-refractivity contribution < 1.29 is 9.84 Å². The van der Waals surface area contributed by atoms with Crippen LogP contribution in [0.25, 0.3) is 16.9 Å². The molecule has 3 atom stereocenters. The molecular weight excluding hydrogens is 366 g/mol. The Kier molecular flexibility index (Phi) is 4.28. The van der Waals surface area contributed by atoms with E-state index in [1.165, 1.54) is 12.8 Å². The van der Waals surface area contributed by atoms with Crippen molar-refractivity contribution >= 4 is 0 Å². The first-order chi connectivity index (χ1) is 14.0. The van der Waals surface area contributed by atoms with Gasteiger partial charge in [-0.3, -0.25) is 4.90 Å². The lowest BCUT2D eigenvalue weighted by Gasteiger charge is -2.43. The number of phenolic OH excluding ortho intramolecular Hbond substituents is 1. The van der Waals surface area contributed by atoms with Crippen LogP contribution < -0.4 is 4.74 Å². The molecule has 2 aliphatic rings. The summed E-state index contributed by atoms with van der Waals surface area (Å²) in [4.78, 5) is 6.54. The van der Waals surface area contributed by atoms with Gasteiger partial charge >= 0.3 is 0 Å². The van der Waals surface area contributed by atoms with Crippen molar-refractivity contribution in [3.05, 3.63) is 49.1 Å². The van der Waals surface area contributed by atoms with Gasteiger partial charge in [0.15, 0.2) is 0 Å². The lowest BCUT2D eigenvalue weighted by Crippen LogP contribution is -2.51. The van der Waals surface area contributed by atoms with Crippen molar-refractivity contribution in [2.75, 3.05) is 7.05 Å². The Labute approximate surface area is 170 Å².